The van der Waals surface area contributed by atoms with Crippen molar-refractivity contribution in [3.8, 4) is 0 Å². The van der Waals surface area contributed by atoms with E-state index in [9.17, 15) is 26.4 Å². The first kappa shape index (κ1) is 22.5. The summed E-state index contributed by atoms with van der Waals surface area (Å²) in [5.41, 5.74) is 0.904. The van der Waals surface area contributed by atoms with E-state index in [1.807, 2.05) is 6.92 Å². The lowest BCUT2D eigenvalue weighted by atomic mass is 10.2. The molecular formula is C22H19F3N2O3S. The number of benzene rings is 3. The average Bonchev–Trinajstić information content (AvgIpc) is 2.75. The Morgan fingerprint density at radius 1 is 0.903 bits per heavy atom. The summed E-state index contributed by atoms with van der Waals surface area (Å²) in [6.07, 6.45) is 0. The highest BCUT2D eigenvalue weighted by molar-refractivity contribution is 7.89. The number of carbonyl (C=O) groups excluding carboxylic acids is 1. The molecule has 0 bridgehead atoms. The van der Waals surface area contributed by atoms with Crippen LogP contribution >= 0.6 is 0 Å². The van der Waals surface area contributed by atoms with Crippen molar-refractivity contribution in [2.75, 3.05) is 11.9 Å². The van der Waals surface area contributed by atoms with Gasteiger partial charge in [-0.05, 0) is 36.8 Å². The molecule has 162 valence electrons. The summed E-state index contributed by atoms with van der Waals surface area (Å²) in [7, 11) is -4.08. The minimum absolute atomic E-state index is 0.0131. The van der Waals surface area contributed by atoms with E-state index in [0.717, 1.165) is 15.9 Å². The molecule has 1 N–H and O–H groups in total. The highest BCUT2D eigenvalue weighted by atomic mass is 32.2. The van der Waals surface area contributed by atoms with Gasteiger partial charge in [0.1, 0.15) is 0 Å². The van der Waals surface area contributed by atoms with E-state index < -0.39 is 45.6 Å². The third-order valence-corrected chi connectivity index (χ3v) is 6.30. The molecule has 0 radical (unpaired) electrons. The van der Waals surface area contributed by atoms with Crippen molar-refractivity contribution in [3.63, 3.8) is 0 Å². The van der Waals surface area contributed by atoms with Crippen LogP contribution < -0.4 is 5.32 Å². The largest absolute Gasteiger partial charge is 0.322 e. The smallest absolute Gasteiger partial charge is 0.243 e. The van der Waals surface area contributed by atoms with Gasteiger partial charge < -0.3 is 5.32 Å². The van der Waals surface area contributed by atoms with Gasteiger partial charge >= 0.3 is 0 Å². The molecule has 0 spiro atoms. The third-order valence-electron chi connectivity index (χ3n) is 4.49. The summed E-state index contributed by atoms with van der Waals surface area (Å²) < 4.78 is 67.7. The molecule has 5 nitrogen and oxygen atoms in total. The standard InChI is InChI=1S/C22H19F3N2O3S/c1-15-7-9-17(10-8-15)31(29,30)27(13-16-5-3-2-4-6-16)14-20(28)26-19-12-11-18(23)21(24)22(19)25/h2-12H,13-14H2,1H3,(H,26,28). The zero-order chi connectivity index (χ0) is 22.6. The maximum atomic E-state index is 13.9. The Bertz CT molecular complexity index is 1180. The fraction of sp³-hybridized carbons (Fsp3) is 0.136. The summed E-state index contributed by atoms with van der Waals surface area (Å²) in [4.78, 5) is 12.5. The maximum Gasteiger partial charge on any atom is 0.243 e. The lowest BCUT2D eigenvalue weighted by molar-refractivity contribution is -0.116. The van der Waals surface area contributed by atoms with Crippen LogP contribution in [-0.4, -0.2) is 25.2 Å². The molecule has 0 aliphatic carbocycles. The molecule has 31 heavy (non-hydrogen) atoms. The highest BCUT2D eigenvalue weighted by Gasteiger charge is 2.27. The molecule has 0 aliphatic rings. The summed E-state index contributed by atoms with van der Waals surface area (Å²) in [5, 5.41) is 2.10. The number of amides is 1. The summed E-state index contributed by atoms with van der Waals surface area (Å²) in [6, 6.07) is 16.3. The van der Waals surface area contributed by atoms with Crippen LogP contribution in [0.4, 0.5) is 18.9 Å². The number of hydrogen-bond acceptors (Lipinski definition) is 3. The Kier molecular flexibility index (Phi) is 6.77. The van der Waals surface area contributed by atoms with Crippen LogP contribution in [0.3, 0.4) is 0 Å². The molecule has 0 aliphatic heterocycles. The van der Waals surface area contributed by atoms with Crippen molar-refractivity contribution in [1.29, 1.82) is 0 Å². The number of rotatable bonds is 7. The van der Waals surface area contributed by atoms with Gasteiger partial charge in [-0.25, -0.2) is 21.6 Å². The SMILES string of the molecule is Cc1ccc(S(=O)(=O)N(CC(=O)Nc2ccc(F)c(F)c2F)Cc2ccccc2)cc1. The second-order valence-electron chi connectivity index (χ2n) is 6.84. The summed E-state index contributed by atoms with van der Waals surface area (Å²) in [5.74, 6) is -5.60. The van der Waals surface area contributed by atoms with E-state index in [-0.39, 0.29) is 11.4 Å². The molecule has 0 aromatic heterocycles. The monoisotopic (exact) mass is 448 g/mol. The lowest BCUT2D eigenvalue weighted by Crippen LogP contribution is -2.37. The van der Waals surface area contributed by atoms with Crippen LogP contribution in [0.1, 0.15) is 11.1 Å². The van der Waals surface area contributed by atoms with Gasteiger partial charge in [-0.1, -0.05) is 48.0 Å². The van der Waals surface area contributed by atoms with Crippen molar-refractivity contribution in [3.05, 3.63) is 95.3 Å². The van der Waals surface area contributed by atoms with Crippen molar-refractivity contribution in [2.45, 2.75) is 18.4 Å². The van der Waals surface area contributed by atoms with E-state index in [2.05, 4.69) is 5.32 Å². The minimum atomic E-state index is -4.08. The van der Waals surface area contributed by atoms with E-state index in [0.29, 0.717) is 11.6 Å². The molecule has 0 heterocycles. The summed E-state index contributed by atoms with van der Waals surface area (Å²) >= 11 is 0. The fourth-order valence-corrected chi connectivity index (χ4v) is 4.23. The number of anilines is 1. The molecule has 1 amide bonds. The van der Waals surface area contributed by atoms with Gasteiger partial charge in [0.25, 0.3) is 0 Å². The van der Waals surface area contributed by atoms with Crippen LogP contribution in [-0.2, 0) is 21.4 Å². The number of halogens is 3. The first-order chi connectivity index (χ1) is 14.7. The van der Waals surface area contributed by atoms with Crippen molar-refractivity contribution in [1.82, 2.24) is 4.31 Å². The maximum absolute atomic E-state index is 13.9. The zero-order valence-electron chi connectivity index (χ0n) is 16.5. The van der Waals surface area contributed by atoms with Gasteiger partial charge in [0, 0.05) is 6.54 Å². The lowest BCUT2D eigenvalue weighted by Gasteiger charge is -2.22. The minimum Gasteiger partial charge on any atom is -0.322 e. The Balaban J connectivity index is 1.88. The molecule has 0 fully saturated rings. The number of sulfonamides is 1. The normalized spacial score (nSPS) is 11.5. The van der Waals surface area contributed by atoms with E-state index in [1.165, 1.54) is 12.1 Å². The van der Waals surface area contributed by atoms with Crippen molar-refractivity contribution in [2.24, 2.45) is 0 Å². The predicted molar refractivity (Wildman–Crippen MR) is 110 cm³/mol. The Morgan fingerprint density at radius 3 is 2.19 bits per heavy atom. The Labute approximate surface area is 178 Å². The third kappa shape index (κ3) is 5.31. The molecule has 0 saturated carbocycles. The first-order valence-electron chi connectivity index (χ1n) is 9.22. The van der Waals surface area contributed by atoms with Crippen molar-refractivity contribution >= 4 is 21.6 Å². The quantitative estimate of drug-likeness (QED) is 0.550. The van der Waals surface area contributed by atoms with Crippen LogP contribution in [0.25, 0.3) is 0 Å². The van der Waals surface area contributed by atoms with Gasteiger partial charge in [-0.3, -0.25) is 4.79 Å². The number of nitrogens with zero attached hydrogens (tertiary/aromatic N) is 1. The number of nitrogens with one attached hydrogen (secondary N) is 1. The molecule has 3 aromatic carbocycles. The van der Waals surface area contributed by atoms with Gasteiger partial charge in [0.15, 0.2) is 17.5 Å². The van der Waals surface area contributed by atoms with E-state index in [1.54, 1.807) is 42.5 Å². The fourth-order valence-electron chi connectivity index (χ4n) is 2.84. The molecule has 3 rings (SSSR count). The molecule has 9 heteroatoms. The average molecular weight is 448 g/mol. The topological polar surface area (TPSA) is 66.5 Å². The second kappa shape index (κ2) is 9.32. The Morgan fingerprint density at radius 2 is 1.55 bits per heavy atom. The van der Waals surface area contributed by atoms with E-state index in [4.69, 9.17) is 0 Å². The van der Waals surface area contributed by atoms with Gasteiger partial charge in [-0.15, -0.1) is 0 Å². The summed E-state index contributed by atoms with van der Waals surface area (Å²) in [6.45, 7) is 1.02. The molecule has 0 atom stereocenters. The van der Waals surface area contributed by atoms with Gasteiger partial charge in [-0.2, -0.15) is 4.31 Å². The number of aryl methyl sites for hydroxylation is 1. The number of carbonyl (C=O) groups is 1. The predicted octanol–water partition coefficient (Wildman–Crippen LogP) is 4.24. The van der Waals surface area contributed by atoms with Crippen LogP contribution in [0.5, 0.6) is 0 Å². The first-order valence-corrected chi connectivity index (χ1v) is 10.7. The van der Waals surface area contributed by atoms with Crippen LogP contribution in [0.2, 0.25) is 0 Å². The van der Waals surface area contributed by atoms with Crippen LogP contribution in [0, 0.1) is 24.4 Å². The molecule has 0 saturated heterocycles. The van der Waals surface area contributed by atoms with E-state index >= 15 is 0 Å². The van der Waals surface area contributed by atoms with Gasteiger partial charge in [0.2, 0.25) is 15.9 Å². The number of hydrogen-bond donors (Lipinski definition) is 1. The molecular weight excluding hydrogens is 429 g/mol. The van der Waals surface area contributed by atoms with Gasteiger partial charge in [0.05, 0.1) is 17.1 Å². The zero-order valence-corrected chi connectivity index (χ0v) is 17.3. The van der Waals surface area contributed by atoms with Crippen LogP contribution in [0.15, 0.2) is 71.6 Å². The molecule has 3 aromatic rings. The Hall–Kier alpha value is -3.17. The molecule has 0 unspecified atom stereocenters. The second-order valence-corrected chi connectivity index (χ2v) is 8.78. The highest BCUT2D eigenvalue weighted by Crippen LogP contribution is 2.22. The van der Waals surface area contributed by atoms with Crippen molar-refractivity contribution < 1.29 is 26.4 Å².